The number of carbonyl (C=O) groups is 1. The molecular weight excluding hydrogens is 336 g/mol. The molecule has 25 heavy (non-hydrogen) atoms. The Kier molecular flexibility index (Phi) is 5.39. The standard InChI is InChI=1S/C19H24N2O3S/c1-12-9-16(14-5-4-8-20-10-14)24-19(23)17(12)18(22)21(3)11-15-7-6-13(2)25-15/h6-7,9,14,20H,4-5,8,10-11H2,1-3H3. The van der Waals surface area contributed by atoms with E-state index in [0.29, 0.717) is 17.9 Å². The summed E-state index contributed by atoms with van der Waals surface area (Å²) in [6, 6.07) is 5.90. The molecule has 1 amide bonds. The largest absolute Gasteiger partial charge is 0.427 e. The lowest BCUT2D eigenvalue weighted by molar-refractivity contribution is 0.0780. The fraction of sp³-hybridized carbons (Fsp3) is 0.474. The first-order chi connectivity index (χ1) is 12.0. The summed E-state index contributed by atoms with van der Waals surface area (Å²) in [6.45, 7) is 6.15. The van der Waals surface area contributed by atoms with E-state index in [4.69, 9.17) is 4.42 Å². The molecular formula is C19H24N2O3S. The molecule has 1 aliphatic rings. The Bertz CT molecular complexity index is 818. The second-order valence-corrected chi connectivity index (χ2v) is 8.08. The van der Waals surface area contributed by atoms with E-state index < -0.39 is 5.63 Å². The maximum atomic E-state index is 12.7. The van der Waals surface area contributed by atoms with Crippen LogP contribution in [0.1, 0.15) is 50.2 Å². The van der Waals surface area contributed by atoms with E-state index in [1.807, 2.05) is 32.0 Å². The van der Waals surface area contributed by atoms with Crippen LogP contribution >= 0.6 is 11.3 Å². The number of hydrogen-bond donors (Lipinski definition) is 1. The molecule has 1 N–H and O–H groups in total. The predicted octanol–water partition coefficient (Wildman–Crippen LogP) is 3.06. The first-order valence-corrected chi connectivity index (χ1v) is 9.43. The molecule has 0 radical (unpaired) electrons. The van der Waals surface area contributed by atoms with Gasteiger partial charge in [-0.3, -0.25) is 4.79 Å². The van der Waals surface area contributed by atoms with Crippen molar-refractivity contribution < 1.29 is 9.21 Å². The molecule has 6 heteroatoms. The molecule has 134 valence electrons. The normalized spacial score (nSPS) is 17.5. The SMILES string of the molecule is Cc1ccc(CN(C)C(=O)c2c(C)cc(C3CCCNC3)oc2=O)s1. The summed E-state index contributed by atoms with van der Waals surface area (Å²) in [5, 5.41) is 3.32. The maximum absolute atomic E-state index is 12.7. The van der Waals surface area contributed by atoms with E-state index in [1.54, 1.807) is 23.3 Å². The van der Waals surface area contributed by atoms with Gasteiger partial charge in [-0.25, -0.2) is 4.79 Å². The van der Waals surface area contributed by atoms with Gasteiger partial charge in [-0.1, -0.05) is 0 Å². The zero-order chi connectivity index (χ0) is 18.0. The highest BCUT2D eigenvalue weighted by Crippen LogP contribution is 2.24. The Morgan fingerprint density at radius 3 is 2.80 bits per heavy atom. The minimum atomic E-state index is -0.528. The Morgan fingerprint density at radius 2 is 2.20 bits per heavy atom. The van der Waals surface area contributed by atoms with Crippen molar-refractivity contribution in [3.63, 3.8) is 0 Å². The van der Waals surface area contributed by atoms with Crippen LogP contribution in [0.3, 0.4) is 0 Å². The van der Waals surface area contributed by atoms with Crippen molar-refractivity contribution in [3.05, 3.63) is 55.3 Å². The average Bonchev–Trinajstić information content (AvgIpc) is 2.99. The van der Waals surface area contributed by atoms with Crippen LogP contribution in [0.4, 0.5) is 0 Å². The van der Waals surface area contributed by atoms with Gasteiger partial charge in [0.15, 0.2) is 0 Å². The Balaban J connectivity index is 1.81. The Morgan fingerprint density at radius 1 is 1.40 bits per heavy atom. The van der Waals surface area contributed by atoms with Crippen LogP contribution in [-0.4, -0.2) is 30.9 Å². The van der Waals surface area contributed by atoms with Gasteiger partial charge in [0.25, 0.3) is 5.91 Å². The lowest BCUT2D eigenvalue weighted by atomic mass is 9.95. The molecule has 2 aromatic heterocycles. The predicted molar refractivity (Wildman–Crippen MR) is 99.4 cm³/mol. The van der Waals surface area contributed by atoms with Crippen molar-refractivity contribution >= 4 is 17.2 Å². The Labute approximate surface area is 151 Å². The zero-order valence-electron chi connectivity index (χ0n) is 14.9. The summed E-state index contributed by atoms with van der Waals surface area (Å²) < 4.78 is 5.51. The van der Waals surface area contributed by atoms with Gasteiger partial charge in [0.1, 0.15) is 11.3 Å². The Hall–Kier alpha value is -1.92. The van der Waals surface area contributed by atoms with Crippen molar-refractivity contribution in [1.82, 2.24) is 10.2 Å². The highest BCUT2D eigenvalue weighted by atomic mass is 32.1. The summed E-state index contributed by atoms with van der Waals surface area (Å²) in [6.07, 6.45) is 2.07. The van der Waals surface area contributed by atoms with E-state index in [1.165, 1.54) is 4.88 Å². The van der Waals surface area contributed by atoms with Crippen molar-refractivity contribution in [1.29, 1.82) is 0 Å². The third-order valence-corrected chi connectivity index (χ3v) is 5.60. The van der Waals surface area contributed by atoms with E-state index in [2.05, 4.69) is 5.32 Å². The second-order valence-electron chi connectivity index (χ2n) is 6.71. The lowest BCUT2D eigenvalue weighted by Gasteiger charge is -2.22. The topological polar surface area (TPSA) is 62.6 Å². The number of thiophene rings is 1. The molecule has 3 rings (SSSR count). The molecule has 2 aromatic rings. The van der Waals surface area contributed by atoms with E-state index in [9.17, 15) is 9.59 Å². The molecule has 0 bridgehead atoms. The molecule has 0 aliphatic carbocycles. The highest BCUT2D eigenvalue weighted by Gasteiger charge is 2.24. The quantitative estimate of drug-likeness (QED) is 0.910. The number of aryl methyl sites for hydroxylation is 2. The van der Waals surface area contributed by atoms with Gasteiger partial charge < -0.3 is 14.6 Å². The summed E-state index contributed by atoms with van der Waals surface area (Å²) in [4.78, 5) is 29.1. The van der Waals surface area contributed by atoms with Gasteiger partial charge in [0, 0.05) is 29.3 Å². The number of rotatable bonds is 4. The van der Waals surface area contributed by atoms with Crippen LogP contribution in [0.15, 0.2) is 27.4 Å². The van der Waals surface area contributed by atoms with Gasteiger partial charge >= 0.3 is 5.63 Å². The van der Waals surface area contributed by atoms with Crippen LogP contribution in [0.2, 0.25) is 0 Å². The fourth-order valence-corrected chi connectivity index (χ4v) is 4.20. The van der Waals surface area contributed by atoms with Crippen LogP contribution in [0, 0.1) is 13.8 Å². The lowest BCUT2D eigenvalue weighted by Crippen LogP contribution is -2.32. The van der Waals surface area contributed by atoms with E-state index in [0.717, 1.165) is 30.8 Å². The summed E-state index contributed by atoms with van der Waals surface area (Å²) in [5.74, 6) is 0.601. The summed E-state index contributed by atoms with van der Waals surface area (Å²) in [5.41, 5.74) is 0.305. The third-order valence-electron chi connectivity index (χ3n) is 4.62. The van der Waals surface area contributed by atoms with Crippen molar-refractivity contribution in [2.45, 2.75) is 39.2 Å². The van der Waals surface area contributed by atoms with E-state index in [-0.39, 0.29) is 17.4 Å². The number of piperidine rings is 1. The monoisotopic (exact) mass is 360 g/mol. The minimum absolute atomic E-state index is 0.142. The van der Waals surface area contributed by atoms with Gasteiger partial charge in [-0.05, 0) is 57.0 Å². The maximum Gasteiger partial charge on any atom is 0.349 e. The highest BCUT2D eigenvalue weighted by molar-refractivity contribution is 7.11. The van der Waals surface area contributed by atoms with Gasteiger partial charge in [0.2, 0.25) is 0 Å². The van der Waals surface area contributed by atoms with Crippen molar-refractivity contribution in [3.8, 4) is 0 Å². The first kappa shape index (κ1) is 17.9. The molecule has 1 atom stereocenters. The molecule has 1 fully saturated rings. The van der Waals surface area contributed by atoms with Crippen molar-refractivity contribution in [2.24, 2.45) is 0 Å². The number of nitrogens with one attached hydrogen (secondary N) is 1. The minimum Gasteiger partial charge on any atom is -0.427 e. The molecule has 0 spiro atoms. The second kappa shape index (κ2) is 7.54. The zero-order valence-corrected chi connectivity index (χ0v) is 15.7. The average molecular weight is 360 g/mol. The molecule has 0 saturated carbocycles. The van der Waals surface area contributed by atoms with Crippen molar-refractivity contribution in [2.75, 3.05) is 20.1 Å². The van der Waals surface area contributed by atoms with Crippen LogP contribution < -0.4 is 10.9 Å². The van der Waals surface area contributed by atoms with Gasteiger partial charge in [0.05, 0.1) is 6.54 Å². The third kappa shape index (κ3) is 4.02. The number of hydrogen-bond acceptors (Lipinski definition) is 5. The smallest absolute Gasteiger partial charge is 0.349 e. The van der Waals surface area contributed by atoms with Gasteiger partial charge in [-0.15, -0.1) is 11.3 Å². The van der Waals surface area contributed by atoms with Gasteiger partial charge in [-0.2, -0.15) is 0 Å². The molecule has 0 aromatic carbocycles. The molecule has 5 nitrogen and oxygen atoms in total. The molecule has 1 unspecified atom stereocenters. The summed E-state index contributed by atoms with van der Waals surface area (Å²) in [7, 11) is 1.72. The molecule has 1 saturated heterocycles. The number of nitrogens with zero attached hydrogens (tertiary/aromatic N) is 1. The molecule has 1 aliphatic heterocycles. The van der Waals surface area contributed by atoms with Crippen LogP contribution in [0.5, 0.6) is 0 Å². The summed E-state index contributed by atoms with van der Waals surface area (Å²) >= 11 is 1.66. The molecule has 3 heterocycles. The number of amides is 1. The van der Waals surface area contributed by atoms with Crippen LogP contribution in [-0.2, 0) is 6.54 Å². The van der Waals surface area contributed by atoms with Crippen LogP contribution in [0.25, 0.3) is 0 Å². The van der Waals surface area contributed by atoms with E-state index >= 15 is 0 Å². The number of carbonyl (C=O) groups excluding carboxylic acids is 1. The first-order valence-electron chi connectivity index (χ1n) is 8.62. The fourth-order valence-electron chi connectivity index (χ4n) is 3.25.